The van der Waals surface area contributed by atoms with Gasteiger partial charge in [0.1, 0.15) is 6.07 Å². The molecule has 0 radical (unpaired) electrons. The molecule has 94 valence electrons. The number of aromatic nitrogens is 2. The highest BCUT2D eigenvalue weighted by atomic mass is 32.1. The lowest BCUT2D eigenvalue weighted by Crippen LogP contribution is -2.32. The van der Waals surface area contributed by atoms with Crippen LogP contribution in [0.1, 0.15) is 35.7 Å². The molecule has 0 aromatic carbocycles. The molecular formula is C13H16N4S. The largest absolute Gasteiger partial charge is 0.326 e. The summed E-state index contributed by atoms with van der Waals surface area (Å²) < 4.78 is 1.88. The molecule has 0 aliphatic rings. The number of thiophene rings is 1. The maximum absolute atomic E-state index is 9.11. The summed E-state index contributed by atoms with van der Waals surface area (Å²) in [6.45, 7) is 4.13. The van der Waals surface area contributed by atoms with Crippen molar-refractivity contribution in [1.82, 2.24) is 9.55 Å². The summed E-state index contributed by atoms with van der Waals surface area (Å²) in [6, 6.07) is 4.17. The lowest BCUT2D eigenvalue weighted by Gasteiger charge is -2.24. The molecular weight excluding hydrogens is 244 g/mol. The van der Waals surface area contributed by atoms with Crippen LogP contribution in [0.15, 0.2) is 23.8 Å². The molecule has 2 aromatic rings. The van der Waals surface area contributed by atoms with Crippen molar-refractivity contribution >= 4 is 11.3 Å². The van der Waals surface area contributed by atoms with E-state index in [1.807, 2.05) is 10.8 Å². The highest BCUT2D eigenvalue weighted by Crippen LogP contribution is 2.30. The van der Waals surface area contributed by atoms with E-state index in [1.54, 1.807) is 17.5 Å². The molecule has 2 unspecified atom stereocenters. The normalized spacial score (nSPS) is 14.1. The van der Waals surface area contributed by atoms with E-state index in [1.165, 1.54) is 10.4 Å². The second kappa shape index (κ2) is 5.34. The third-order valence-corrected chi connectivity index (χ3v) is 4.21. The smallest absolute Gasteiger partial charge is 0.213 e. The minimum atomic E-state index is -0.0244. The van der Waals surface area contributed by atoms with Gasteiger partial charge in [0.15, 0.2) is 0 Å². The van der Waals surface area contributed by atoms with Gasteiger partial charge in [-0.1, -0.05) is 6.92 Å². The maximum atomic E-state index is 9.11. The molecule has 0 spiro atoms. The number of hydrogen-bond acceptors (Lipinski definition) is 4. The fourth-order valence-corrected chi connectivity index (χ4v) is 3.16. The summed E-state index contributed by atoms with van der Waals surface area (Å²) in [5, 5.41) is 11.2. The quantitative estimate of drug-likeness (QED) is 0.918. The van der Waals surface area contributed by atoms with Crippen LogP contribution in [0.3, 0.4) is 0 Å². The number of nitrogens with zero attached hydrogens (tertiary/aromatic N) is 3. The Morgan fingerprint density at radius 2 is 2.39 bits per heavy atom. The maximum Gasteiger partial charge on any atom is 0.213 e. The molecule has 18 heavy (non-hydrogen) atoms. The Labute approximate surface area is 111 Å². The summed E-state index contributed by atoms with van der Waals surface area (Å²) in [4.78, 5) is 5.27. The van der Waals surface area contributed by atoms with Crippen LogP contribution < -0.4 is 5.73 Å². The van der Waals surface area contributed by atoms with E-state index in [0.717, 1.165) is 6.42 Å². The Morgan fingerprint density at radius 1 is 1.61 bits per heavy atom. The van der Waals surface area contributed by atoms with E-state index in [0.29, 0.717) is 5.82 Å². The highest BCUT2D eigenvalue weighted by Gasteiger charge is 2.25. The van der Waals surface area contributed by atoms with Crippen LogP contribution in [0.5, 0.6) is 0 Å². The van der Waals surface area contributed by atoms with E-state index < -0.39 is 0 Å². The van der Waals surface area contributed by atoms with Gasteiger partial charge in [0.25, 0.3) is 0 Å². The minimum Gasteiger partial charge on any atom is -0.326 e. The van der Waals surface area contributed by atoms with Gasteiger partial charge < -0.3 is 10.3 Å². The molecule has 0 aliphatic carbocycles. The van der Waals surface area contributed by atoms with Crippen LogP contribution in [-0.2, 0) is 0 Å². The molecule has 2 N–H and O–H groups in total. The molecule has 2 atom stereocenters. The molecule has 5 heteroatoms. The first-order valence-corrected chi connectivity index (χ1v) is 6.79. The monoisotopic (exact) mass is 260 g/mol. The number of rotatable bonds is 4. The lowest BCUT2D eigenvalue weighted by molar-refractivity contribution is 0.460. The summed E-state index contributed by atoms with van der Waals surface area (Å²) >= 11 is 1.68. The van der Waals surface area contributed by atoms with Gasteiger partial charge in [-0.05, 0) is 30.4 Å². The van der Waals surface area contributed by atoms with Crippen molar-refractivity contribution in [3.8, 4) is 6.07 Å². The summed E-state index contributed by atoms with van der Waals surface area (Å²) in [5.74, 6) is 0.414. The minimum absolute atomic E-state index is 0.00727. The molecule has 0 amide bonds. The van der Waals surface area contributed by atoms with Crippen molar-refractivity contribution in [3.63, 3.8) is 0 Å². The molecule has 0 saturated heterocycles. The highest BCUT2D eigenvalue weighted by molar-refractivity contribution is 7.10. The van der Waals surface area contributed by atoms with E-state index in [4.69, 9.17) is 11.0 Å². The fraction of sp³-hybridized carbons (Fsp3) is 0.385. The van der Waals surface area contributed by atoms with Crippen LogP contribution >= 0.6 is 11.3 Å². The van der Waals surface area contributed by atoms with Crippen molar-refractivity contribution in [1.29, 1.82) is 5.26 Å². The second-order valence-electron chi connectivity index (χ2n) is 4.25. The third kappa shape index (κ3) is 2.17. The van der Waals surface area contributed by atoms with Crippen molar-refractivity contribution in [2.75, 3.05) is 0 Å². The average Bonchev–Trinajstić information content (AvgIpc) is 2.99. The van der Waals surface area contributed by atoms with Crippen molar-refractivity contribution in [3.05, 3.63) is 40.1 Å². The number of imidazole rings is 1. The van der Waals surface area contributed by atoms with Crippen molar-refractivity contribution < 1.29 is 0 Å². The molecule has 0 saturated carbocycles. The number of aryl methyl sites for hydroxylation is 1. The van der Waals surface area contributed by atoms with E-state index >= 15 is 0 Å². The third-order valence-electron chi connectivity index (χ3n) is 3.12. The standard InChI is InChI=1S/C13H16N4S/c1-3-10(15)12(13-9(2)4-7-18-13)17-6-5-16-11(17)8-14/h4-7,10,12H,3,15H2,1-2H3. The van der Waals surface area contributed by atoms with E-state index in [-0.39, 0.29) is 12.1 Å². The molecule has 0 aliphatic heterocycles. The molecule has 2 heterocycles. The zero-order valence-electron chi connectivity index (χ0n) is 10.5. The first-order valence-electron chi connectivity index (χ1n) is 5.91. The summed E-state index contributed by atoms with van der Waals surface area (Å²) in [6.07, 6.45) is 4.33. The van der Waals surface area contributed by atoms with Gasteiger partial charge in [0.05, 0.1) is 6.04 Å². The van der Waals surface area contributed by atoms with Gasteiger partial charge >= 0.3 is 0 Å². The molecule has 0 fully saturated rings. The summed E-state index contributed by atoms with van der Waals surface area (Å²) in [7, 11) is 0. The SMILES string of the molecule is CCC(N)C(c1sccc1C)n1ccnc1C#N. The van der Waals surface area contributed by atoms with Gasteiger partial charge in [0, 0.05) is 23.3 Å². The van der Waals surface area contributed by atoms with Gasteiger partial charge in [-0.25, -0.2) is 4.98 Å². The molecule has 2 aromatic heterocycles. The molecule has 2 rings (SSSR count). The van der Waals surface area contributed by atoms with Crippen molar-refractivity contribution in [2.45, 2.75) is 32.4 Å². The summed E-state index contributed by atoms with van der Waals surface area (Å²) in [5.41, 5.74) is 7.46. The lowest BCUT2D eigenvalue weighted by atomic mass is 10.0. The Kier molecular flexibility index (Phi) is 3.80. The first-order chi connectivity index (χ1) is 8.69. The predicted octanol–water partition coefficient (Wildman–Crippen LogP) is 2.45. The van der Waals surface area contributed by atoms with Crippen LogP contribution in [-0.4, -0.2) is 15.6 Å². The Balaban J connectivity index is 2.51. The number of hydrogen-bond donors (Lipinski definition) is 1. The van der Waals surface area contributed by atoms with Crippen LogP contribution in [0.2, 0.25) is 0 Å². The topological polar surface area (TPSA) is 67.6 Å². The number of nitriles is 1. The average molecular weight is 260 g/mol. The zero-order chi connectivity index (χ0) is 13.1. The van der Waals surface area contributed by atoms with Gasteiger partial charge in [-0.15, -0.1) is 11.3 Å². The van der Waals surface area contributed by atoms with Crippen molar-refractivity contribution in [2.24, 2.45) is 5.73 Å². The van der Waals surface area contributed by atoms with Crippen LogP contribution in [0.4, 0.5) is 0 Å². The van der Waals surface area contributed by atoms with Gasteiger partial charge in [0.2, 0.25) is 5.82 Å². The Bertz CT molecular complexity index is 564. The van der Waals surface area contributed by atoms with Crippen LogP contribution in [0, 0.1) is 18.3 Å². The van der Waals surface area contributed by atoms with Gasteiger partial charge in [-0.2, -0.15) is 5.26 Å². The Morgan fingerprint density at radius 3 is 2.94 bits per heavy atom. The predicted molar refractivity (Wildman–Crippen MR) is 72.4 cm³/mol. The fourth-order valence-electron chi connectivity index (χ4n) is 2.06. The number of nitrogens with two attached hydrogens (primary N) is 1. The molecule has 0 bridgehead atoms. The molecule has 4 nitrogen and oxygen atoms in total. The second-order valence-corrected chi connectivity index (χ2v) is 5.20. The van der Waals surface area contributed by atoms with E-state index in [2.05, 4.69) is 36.3 Å². The first kappa shape index (κ1) is 12.8. The Hall–Kier alpha value is -1.64. The zero-order valence-corrected chi connectivity index (χ0v) is 11.3. The van der Waals surface area contributed by atoms with Crippen LogP contribution in [0.25, 0.3) is 0 Å². The van der Waals surface area contributed by atoms with Gasteiger partial charge in [-0.3, -0.25) is 0 Å². The van der Waals surface area contributed by atoms with E-state index in [9.17, 15) is 0 Å².